The van der Waals surface area contributed by atoms with E-state index in [1.165, 1.54) is 5.56 Å². The molecular weight excluding hydrogens is 286 g/mol. The summed E-state index contributed by atoms with van der Waals surface area (Å²) in [5.74, 6) is 0.0203. The molecule has 0 saturated heterocycles. The number of fused-ring (bicyclic) bond motifs is 1. The molecule has 1 aliphatic heterocycles. The molecule has 3 heteroatoms. The SMILES string of the molecule is C[C@H]1CCc2ccccc2N1C(=O)c1ccc(C(C)(C)O)cc1. The largest absolute Gasteiger partial charge is 0.386 e. The molecule has 0 unspecified atom stereocenters. The molecule has 0 spiro atoms. The van der Waals surface area contributed by atoms with Gasteiger partial charge in [0.05, 0.1) is 5.60 Å². The zero-order valence-electron chi connectivity index (χ0n) is 13.9. The highest BCUT2D eigenvalue weighted by molar-refractivity contribution is 6.07. The van der Waals surface area contributed by atoms with Gasteiger partial charge in [0.25, 0.3) is 5.91 Å². The van der Waals surface area contributed by atoms with Crippen LogP contribution in [0.4, 0.5) is 5.69 Å². The van der Waals surface area contributed by atoms with Gasteiger partial charge < -0.3 is 10.0 Å². The third kappa shape index (κ3) is 3.02. The second-order valence-electron chi connectivity index (χ2n) is 6.83. The highest BCUT2D eigenvalue weighted by Crippen LogP contribution is 2.32. The fraction of sp³-hybridized carbons (Fsp3) is 0.350. The van der Waals surface area contributed by atoms with Gasteiger partial charge >= 0.3 is 0 Å². The summed E-state index contributed by atoms with van der Waals surface area (Å²) in [6, 6.07) is 15.6. The van der Waals surface area contributed by atoms with Gasteiger partial charge in [-0.15, -0.1) is 0 Å². The number of amides is 1. The molecule has 1 heterocycles. The Hall–Kier alpha value is -2.13. The summed E-state index contributed by atoms with van der Waals surface area (Å²) in [7, 11) is 0. The maximum Gasteiger partial charge on any atom is 0.258 e. The zero-order valence-corrected chi connectivity index (χ0v) is 13.9. The first-order chi connectivity index (χ1) is 10.9. The number of aryl methyl sites for hydroxylation is 1. The van der Waals surface area contributed by atoms with Crippen LogP contribution in [0.2, 0.25) is 0 Å². The standard InChI is InChI=1S/C20H23NO2/c1-14-8-9-15-6-4-5-7-18(15)21(14)19(22)16-10-12-17(13-11-16)20(2,3)23/h4-7,10-14,23H,8-9H2,1-3H3/t14-/m0/s1. The Balaban J connectivity index is 1.94. The average molecular weight is 309 g/mol. The minimum atomic E-state index is -0.896. The van der Waals surface area contributed by atoms with Crippen molar-refractivity contribution in [1.29, 1.82) is 0 Å². The van der Waals surface area contributed by atoms with Crippen molar-refractivity contribution in [2.45, 2.75) is 45.3 Å². The van der Waals surface area contributed by atoms with Crippen LogP contribution < -0.4 is 4.90 Å². The number of para-hydroxylation sites is 1. The summed E-state index contributed by atoms with van der Waals surface area (Å²) in [6.45, 7) is 5.58. The van der Waals surface area contributed by atoms with Crippen LogP contribution in [0, 0.1) is 0 Å². The molecule has 0 radical (unpaired) electrons. The normalized spacial score (nSPS) is 17.7. The second kappa shape index (κ2) is 5.82. The number of hydrogen-bond acceptors (Lipinski definition) is 2. The van der Waals surface area contributed by atoms with Gasteiger partial charge in [0.2, 0.25) is 0 Å². The molecule has 0 aromatic heterocycles. The first-order valence-corrected chi connectivity index (χ1v) is 8.12. The lowest BCUT2D eigenvalue weighted by Gasteiger charge is -2.35. The third-order valence-electron chi connectivity index (χ3n) is 4.58. The van der Waals surface area contributed by atoms with E-state index in [1.807, 2.05) is 35.2 Å². The molecule has 2 aromatic carbocycles. The highest BCUT2D eigenvalue weighted by Gasteiger charge is 2.29. The molecule has 1 amide bonds. The van der Waals surface area contributed by atoms with Crippen LogP contribution >= 0.6 is 0 Å². The van der Waals surface area contributed by atoms with Crippen molar-refractivity contribution < 1.29 is 9.90 Å². The molecule has 1 N–H and O–H groups in total. The second-order valence-corrected chi connectivity index (χ2v) is 6.83. The van der Waals surface area contributed by atoms with Gasteiger partial charge in [-0.05, 0) is 62.9 Å². The molecule has 0 fully saturated rings. The van der Waals surface area contributed by atoms with Crippen molar-refractivity contribution in [2.24, 2.45) is 0 Å². The summed E-state index contributed by atoms with van der Waals surface area (Å²) in [6.07, 6.45) is 1.99. The van der Waals surface area contributed by atoms with Crippen LogP contribution in [0.25, 0.3) is 0 Å². The number of anilines is 1. The van der Waals surface area contributed by atoms with Crippen molar-refractivity contribution in [3.63, 3.8) is 0 Å². The maximum atomic E-state index is 13.0. The van der Waals surface area contributed by atoms with E-state index >= 15 is 0 Å². The minimum Gasteiger partial charge on any atom is -0.386 e. The van der Waals surface area contributed by atoms with Crippen LogP contribution in [0.15, 0.2) is 48.5 Å². The van der Waals surface area contributed by atoms with E-state index in [2.05, 4.69) is 13.0 Å². The van der Waals surface area contributed by atoms with Gasteiger partial charge in [-0.2, -0.15) is 0 Å². The van der Waals surface area contributed by atoms with Crippen molar-refractivity contribution >= 4 is 11.6 Å². The maximum absolute atomic E-state index is 13.0. The third-order valence-corrected chi connectivity index (χ3v) is 4.58. The first kappa shape index (κ1) is 15.8. The average Bonchev–Trinajstić information content (AvgIpc) is 2.53. The summed E-state index contributed by atoms with van der Waals surface area (Å²) in [4.78, 5) is 14.9. The predicted molar refractivity (Wildman–Crippen MR) is 92.7 cm³/mol. The van der Waals surface area contributed by atoms with Crippen molar-refractivity contribution in [3.05, 3.63) is 65.2 Å². The Bertz CT molecular complexity index is 713. The van der Waals surface area contributed by atoms with E-state index in [9.17, 15) is 9.90 Å². The number of carbonyl (C=O) groups is 1. The number of carbonyl (C=O) groups excluding carboxylic acids is 1. The zero-order chi connectivity index (χ0) is 16.6. The number of nitrogens with zero attached hydrogens (tertiary/aromatic N) is 1. The predicted octanol–water partition coefficient (Wildman–Crippen LogP) is 3.90. The fourth-order valence-corrected chi connectivity index (χ4v) is 3.16. The van der Waals surface area contributed by atoms with E-state index < -0.39 is 5.60 Å². The van der Waals surface area contributed by atoms with Gasteiger partial charge in [-0.1, -0.05) is 30.3 Å². The van der Waals surface area contributed by atoms with E-state index in [4.69, 9.17) is 0 Å². The topological polar surface area (TPSA) is 40.5 Å². The molecule has 0 saturated carbocycles. The smallest absolute Gasteiger partial charge is 0.258 e. The molecule has 3 nitrogen and oxygen atoms in total. The van der Waals surface area contributed by atoms with Crippen LogP contribution in [-0.4, -0.2) is 17.1 Å². The van der Waals surface area contributed by atoms with E-state index in [1.54, 1.807) is 26.0 Å². The Morgan fingerprint density at radius 1 is 1.13 bits per heavy atom. The molecule has 23 heavy (non-hydrogen) atoms. The van der Waals surface area contributed by atoms with Crippen molar-refractivity contribution in [1.82, 2.24) is 0 Å². The van der Waals surface area contributed by atoms with Crippen molar-refractivity contribution in [3.8, 4) is 0 Å². The van der Waals surface area contributed by atoms with Gasteiger partial charge in [0.1, 0.15) is 0 Å². The molecule has 1 atom stereocenters. The highest BCUT2D eigenvalue weighted by atomic mass is 16.3. The molecule has 120 valence electrons. The van der Waals surface area contributed by atoms with Crippen molar-refractivity contribution in [2.75, 3.05) is 4.90 Å². The summed E-state index contributed by atoms with van der Waals surface area (Å²) in [5, 5.41) is 10.0. The summed E-state index contributed by atoms with van der Waals surface area (Å²) in [5.41, 5.74) is 2.81. The Morgan fingerprint density at radius 2 is 1.78 bits per heavy atom. The lowest BCUT2D eigenvalue weighted by Crippen LogP contribution is -2.42. The Labute approximate surface area is 137 Å². The van der Waals surface area contributed by atoms with Gasteiger partial charge in [-0.3, -0.25) is 4.79 Å². The molecule has 0 aliphatic carbocycles. The number of hydrogen-bond donors (Lipinski definition) is 1. The minimum absolute atomic E-state index is 0.0203. The van der Waals surface area contributed by atoms with E-state index in [-0.39, 0.29) is 11.9 Å². The summed E-state index contributed by atoms with van der Waals surface area (Å²) >= 11 is 0. The lowest BCUT2D eigenvalue weighted by molar-refractivity contribution is 0.0784. The lowest BCUT2D eigenvalue weighted by atomic mass is 9.94. The first-order valence-electron chi connectivity index (χ1n) is 8.12. The van der Waals surface area contributed by atoms with E-state index in [0.29, 0.717) is 5.56 Å². The molecule has 3 rings (SSSR count). The van der Waals surface area contributed by atoms with Crippen LogP contribution in [0.3, 0.4) is 0 Å². The number of aliphatic hydroxyl groups is 1. The Kier molecular flexibility index (Phi) is 3.99. The molecule has 2 aromatic rings. The Morgan fingerprint density at radius 3 is 2.43 bits per heavy atom. The molecular formula is C20H23NO2. The van der Waals surface area contributed by atoms with Gasteiger partial charge in [-0.25, -0.2) is 0 Å². The number of benzene rings is 2. The fourth-order valence-electron chi connectivity index (χ4n) is 3.16. The van der Waals surface area contributed by atoms with Crippen LogP contribution in [-0.2, 0) is 12.0 Å². The van der Waals surface area contributed by atoms with E-state index in [0.717, 1.165) is 24.1 Å². The van der Waals surface area contributed by atoms with Crippen LogP contribution in [0.5, 0.6) is 0 Å². The van der Waals surface area contributed by atoms with Crippen LogP contribution in [0.1, 0.15) is 48.7 Å². The summed E-state index contributed by atoms with van der Waals surface area (Å²) < 4.78 is 0. The number of rotatable bonds is 2. The molecule has 0 bridgehead atoms. The van der Waals surface area contributed by atoms with Gasteiger partial charge in [0.15, 0.2) is 0 Å². The monoisotopic (exact) mass is 309 g/mol. The molecule has 1 aliphatic rings. The van der Waals surface area contributed by atoms with Gasteiger partial charge in [0, 0.05) is 17.3 Å². The quantitative estimate of drug-likeness (QED) is 0.914.